The van der Waals surface area contributed by atoms with Gasteiger partial charge in [0.1, 0.15) is 5.60 Å². The Kier molecular flexibility index (Phi) is 2.30. The van der Waals surface area contributed by atoms with E-state index in [2.05, 4.69) is 5.32 Å². The van der Waals surface area contributed by atoms with Crippen molar-refractivity contribution >= 4 is 0 Å². The van der Waals surface area contributed by atoms with Gasteiger partial charge in [0.2, 0.25) is 0 Å². The van der Waals surface area contributed by atoms with Gasteiger partial charge in [-0.3, -0.25) is 0 Å². The van der Waals surface area contributed by atoms with E-state index in [1.165, 1.54) is 0 Å². The summed E-state index contributed by atoms with van der Waals surface area (Å²) in [5, 5.41) is 13.6. The van der Waals surface area contributed by atoms with E-state index in [1.54, 1.807) is 6.26 Å². The second kappa shape index (κ2) is 3.31. The maximum absolute atomic E-state index is 10.3. The predicted octanol–water partition coefficient (Wildman–Crippen LogP) is 0.794. The van der Waals surface area contributed by atoms with Crippen molar-refractivity contribution in [1.82, 2.24) is 5.32 Å². The Morgan fingerprint density at radius 2 is 2.54 bits per heavy atom. The number of hydrogen-bond acceptors (Lipinski definition) is 3. The molecule has 0 saturated carbocycles. The van der Waals surface area contributed by atoms with Crippen LogP contribution in [0.4, 0.5) is 0 Å². The van der Waals surface area contributed by atoms with Crippen LogP contribution < -0.4 is 5.32 Å². The first-order chi connectivity index (χ1) is 6.21. The SMILES string of the molecule is CC(O)(C1=COCC1)C1CCCN1. The Balaban J connectivity index is 2.08. The van der Waals surface area contributed by atoms with Gasteiger partial charge < -0.3 is 15.2 Å². The number of hydrogen-bond donors (Lipinski definition) is 2. The molecule has 0 aliphatic carbocycles. The van der Waals surface area contributed by atoms with Crippen molar-refractivity contribution in [3.05, 3.63) is 11.8 Å². The van der Waals surface area contributed by atoms with Crippen molar-refractivity contribution in [1.29, 1.82) is 0 Å². The summed E-state index contributed by atoms with van der Waals surface area (Å²) in [7, 11) is 0. The van der Waals surface area contributed by atoms with Crippen LogP contribution in [0.15, 0.2) is 11.8 Å². The first kappa shape index (κ1) is 9.03. The Morgan fingerprint density at radius 1 is 1.69 bits per heavy atom. The van der Waals surface area contributed by atoms with E-state index in [0.717, 1.165) is 38.0 Å². The number of nitrogens with one attached hydrogen (secondary N) is 1. The molecule has 3 nitrogen and oxygen atoms in total. The van der Waals surface area contributed by atoms with Crippen LogP contribution >= 0.6 is 0 Å². The van der Waals surface area contributed by atoms with E-state index in [-0.39, 0.29) is 6.04 Å². The Bertz CT molecular complexity index is 217. The molecule has 74 valence electrons. The van der Waals surface area contributed by atoms with Crippen LogP contribution in [0.25, 0.3) is 0 Å². The summed E-state index contributed by atoms with van der Waals surface area (Å²) in [5.41, 5.74) is 0.319. The van der Waals surface area contributed by atoms with Crippen LogP contribution in [0, 0.1) is 0 Å². The minimum Gasteiger partial charge on any atom is -0.501 e. The van der Waals surface area contributed by atoms with Crippen LogP contribution in [0.1, 0.15) is 26.2 Å². The minimum atomic E-state index is -0.715. The highest BCUT2D eigenvalue weighted by Crippen LogP contribution is 2.30. The summed E-state index contributed by atoms with van der Waals surface area (Å²) < 4.78 is 5.15. The van der Waals surface area contributed by atoms with Gasteiger partial charge in [0, 0.05) is 18.0 Å². The third-order valence-electron chi connectivity index (χ3n) is 3.10. The fourth-order valence-electron chi connectivity index (χ4n) is 2.15. The van der Waals surface area contributed by atoms with E-state index in [0.29, 0.717) is 0 Å². The average molecular weight is 183 g/mol. The fourth-order valence-corrected chi connectivity index (χ4v) is 2.15. The van der Waals surface area contributed by atoms with E-state index >= 15 is 0 Å². The standard InChI is InChI=1S/C10H17NO2/c1-10(12,8-4-6-13-7-8)9-3-2-5-11-9/h7,9,11-12H,2-6H2,1H3. The summed E-state index contributed by atoms with van der Waals surface area (Å²) in [6.45, 7) is 3.63. The molecule has 2 unspecified atom stereocenters. The zero-order valence-electron chi connectivity index (χ0n) is 8.05. The van der Waals surface area contributed by atoms with E-state index in [9.17, 15) is 5.11 Å². The largest absolute Gasteiger partial charge is 0.501 e. The molecule has 0 aromatic carbocycles. The highest BCUT2D eigenvalue weighted by Gasteiger charge is 2.38. The molecule has 2 heterocycles. The van der Waals surface area contributed by atoms with Gasteiger partial charge in [-0.25, -0.2) is 0 Å². The molecular formula is C10H17NO2. The lowest BCUT2D eigenvalue weighted by Gasteiger charge is -2.30. The highest BCUT2D eigenvalue weighted by atomic mass is 16.5. The molecule has 0 radical (unpaired) electrons. The third kappa shape index (κ3) is 1.58. The summed E-state index contributed by atoms with van der Waals surface area (Å²) in [5.74, 6) is 0. The zero-order valence-corrected chi connectivity index (χ0v) is 8.05. The van der Waals surface area contributed by atoms with Crippen molar-refractivity contribution in [2.24, 2.45) is 0 Å². The normalized spacial score (nSPS) is 32.5. The molecule has 1 saturated heterocycles. The fraction of sp³-hybridized carbons (Fsp3) is 0.800. The molecule has 2 N–H and O–H groups in total. The third-order valence-corrected chi connectivity index (χ3v) is 3.10. The van der Waals surface area contributed by atoms with Gasteiger partial charge in [0.05, 0.1) is 12.9 Å². The molecule has 0 aromatic heterocycles. The first-order valence-electron chi connectivity index (χ1n) is 4.98. The predicted molar refractivity (Wildman–Crippen MR) is 50.3 cm³/mol. The summed E-state index contributed by atoms with van der Waals surface area (Å²) in [6, 6.07) is 0.209. The van der Waals surface area contributed by atoms with Gasteiger partial charge in [-0.15, -0.1) is 0 Å². The van der Waals surface area contributed by atoms with Gasteiger partial charge in [-0.1, -0.05) is 0 Å². The smallest absolute Gasteiger partial charge is 0.101 e. The molecule has 1 fully saturated rings. The number of aliphatic hydroxyl groups is 1. The summed E-state index contributed by atoms with van der Waals surface area (Å²) in [6.07, 6.45) is 4.81. The lowest BCUT2D eigenvalue weighted by Crippen LogP contribution is -2.46. The van der Waals surface area contributed by atoms with Crippen LogP contribution in [0.2, 0.25) is 0 Å². The van der Waals surface area contributed by atoms with Crippen LogP contribution in [-0.2, 0) is 4.74 Å². The van der Waals surface area contributed by atoms with E-state index in [4.69, 9.17) is 4.74 Å². The van der Waals surface area contributed by atoms with Crippen molar-refractivity contribution in [2.75, 3.05) is 13.2 Å². The zero-order chi connectivity index (χ0) is 9.31. The van der Waals surface area contributed by atoms with Crippen molar-refractivity contribution < 1.29 is 9.84 Å². The lowest BCUT2D eigenvalue weighted by atomic mass is 9.86. The molecule has 0 bridgehead atoms. The van der Waals surface area contributed by atoms with E-state index < -0.39 is 5.60 Å². The van der Waals surface area contributed by atoms with Gasteiger partial charge in [-0.05, 0) is 26.3 Å². The highest BCUT2D eigenvalue weighted by molar-refractivity contribution is 5.20. The topological polar surface area (TPSA) is 41.5 Å². The molecule has 13 heavy (non-hydrogen) atoms. The molecular weight excluding hydrogens is 166 g/mol. The van der Waals surface area contributed by atoms with Gasteiger partial charge >= 0.3 is 0 Å². The van der Waals surface area contributed by atoms with Gasteiger partial charge in [-0.2, -0.15) is 0 Å². The van der Waals surface area contributed by atoms with Crippen LogP contribution in [0.3, 0.4) is 0 Å². The molecule has 2 rings (SSSR count). The molecule has 0 aromatic rings. The molecule has 0 amide bonds. The van der Waals surface area contributed by atoms with E-state index in [1.807, 2.05) is 6.92 Å². The van der Waals surface area contributed by atoms with Crippen molar-refractivity contribution in [3.8, 4) is 0 Å². The monoisotopic (exact) mass is 183 g/mol. The molecule has 2 aliphatic heterocycles. The Labute approximate surface area is 78.8 Å². The molecule has 0 spiro atoms. The summed E-state index contributed by atoms with van der Waals surface area (Å²) in [4.78, 5) is 0. The minimum absolute atomic E-state index is 0.209. The van der Waals surface area contributed by atoms with Crippen LogP contribution in [-0.4, -0.2) is 29.9 Å². The van der Waals surface area contributed by atoms with Crippen molar-refractivity contribution in [2.45, 2.75) is 37.8 Å². The quantitative estimate of drug-likeness (QED) is 0.665. The lowest BCUT2D eigenvalue weighted by molar-refractivity contribution is 0.0602. The number of rotatable bonds is 2. The van der Waals surface area contributed by atoms with Crippen molar-refractivity contribution in [3.63, 3.8) is 0 Å². The molecule has 2 aliphatic rings. The van der Waals surface area contributed by atoms with Crippen LogP contribution in [0.5, 0.6) is 0 Å². The second-order valence-corrected chi connectivity index (χ2v) is 4.06. The van der Waals surface area contributed by atoms with Gasteiger partial charge in [0.25, 0.3) is 0 Å². The molecule has 2 atom stereocenters. The Hall–Kier alpha value is -0.540. The maximum atomic E-state index is 10.3. The second-order valence-electron chi connectivity index (χ2n) is 4.06. The Morgan fingerprint density at radius 3 is 3.08 bits per heavy atom. The van der Waals surface area contributed by atoms with Gasteiger partial charge in [0.15, 0.2) is 0 Å². The molecule has 3 heteroatoms. The first-order valence-corrected chi connectivity index (χ1v) is 4.98. The summed E-state index contributed by atoms with van der Waals surface area (Å²) >= 11 is 0. The average Bonchev–Trinajstić information content (AvgIpc) is 2.78. The maximum Gasteiger partial charge on any atom is 0.101 e. The number of ether oxygens (including phenoxy) is 1.